The van der Waals surface area contributed by atoms with Crippen LogP contribution in [-0.4, -0.2) is 64.7 Å². The number of para-hydroxylation sites is 1. The van der Waals surface area contributed by atoms with Crippen LogP contribution in [0.2, 0.25) is 0 Å². The first-order chi connectivity index (χ1) is 18.6. The van der Waals surface area contributed by atoms with E-state index in [1.165, 1.54) is 25.9 Å². The van der Waals surface area contributed by atoms with Crippen molar-refractivity contribution in [3.63, 3.8) is 0 Å². The molecule has 0 unspecified atom stereocenters. The smallest absolute Gasteiger partial charge is 0.243 e. The fourth-order valence-corrected chi connectivity index (χ4v) is 5.20. The Morgan fingerprint density at radius 1 is 0.897 bits per heavy atom. The average Bonchev–Trinajstić information content (AvgIpc) is 3.33. The van der Waals surface area contributed by atoms with E-state index in [-0.39, 0.29) is 11.8 Å². The van der Waals surface area contributed by atoms with Gasteiger partial charge in [0.1, 0.15) is 28.7 Å². The minimum Gasteiger partial charge on any atom is -0.494 e. The van der Waals surface area contributed by atoms with Crippen molar-refractivity contribution in [1.82, 2.24) is 29.7 Å². The molecule has 0 fully saturated rings. The van der Waals surface area contributed by atoms with Gasteiger partial charge in [0.25, 0.3) is 0 Å². The fraction of sp³-hybridized carbons (Fsp3) is 0.346. The van der Waals surface area contributed by atoms with Crippen LogP contribution in [0.5, 0.6) is 17.4 Å². The first-order valence-corrected chi connectivity index (χ1v) is 13.6. The van der Waals surface area contributed by atoms with E-state index in [1.54, 1.807) is 56.6 Å². The number of ether oxygens (including phenoxy) is 3. The maximum atomic E-state index is 13.6. The van der Waals surface area contributed by atoms with Crippen LogP contribution in [0.3, 0.4) is 0 Å². The lowest BCUT2D eigenvalue weighted by Crippen LogP contribution is -2.31. The lowest BCUT2D eigenvalue weighted by molar-refractivity contribution is 0.391. The molecule has 0 bridgehead atoms. The largest absolute Gasteiger partial charge is 0.494 e. The third kappa shape index (κ3) is 5.62. The normalized spacial score (nSPS) is 13.0. The Labute approximate surface area is 227 Å². The molecule has 0 saturated carbocycles. The summed E-state index contributed by atoms with van der Waals surface area (Å²) in [5.74, 6) is 1.27. The Bertz CT molecular complexity index is 1550. The van der Waals surface area contributed by atoms with Crippen LogP contribution < -0.4 is 18.9 Å². The van der Waals surface area contributed by atoms with Gasteiger partial charge in [0.2, 0.25) is 21.9 Å². The summed E-state index contributed by atoms with van der Waals surface area (Å²) in [5, 5.41) is 7.62. The second-order valence-corrected chi connectivity index (χ2v) is 11.1. The van der Waals surface area contributed by atoms with E-state index < -0.39 is 21.2 Å². The van der Waals surface area contributed by atoms with Crippen molar-refractivity contribution in [2.75, 3.05) is 26.1 Å². The number of nitrogens with zero attached hydrogens (tertiary/aromatic N) is 6. The van der Waals surface area contributed by atoms with Crippen LogP contribution in [0.25, 0.3) is 17.2 Å². The minimum absolute atomic E-state index is 0.0704. The van der Waals surface area contributed by atoms with Crippen molar-refractivity contribution in [1.29, 1.82) is 0 Å². The molecule has 0 spiro atoms. The van der Waals surface area contributed by atoms with E-state index in [1.807, 2.05) is 13.8 Å². The van der Waals surface area contributed by atoms with Gasteiger partial charge in [-0.15, -0.1) is 10.2 Å². The molecule has 1 aromatic carbocycles. The molecule has 3 heterocycles. The van der Waals surface area contributed by atoms with Crippen LogP contribution in [0.4, 0.5) is 5.95 Å². The SMILES string of the molecule is COc1cc(C)cc(-c2nnc(NS(=O)(=O)[C@@H](C)[C@H](C)c3ncc(C)cn3)n2-c2c(OC)cccc2OC)n1. The van der Waals surface area contributed by atoms with Crippen molar-refractivity contribution in [3.05, 3.63) is 59.7 Å². The quantitative estimate of drug-likeness (QED) is 0.309. The van der Waals surface area contributed by atoms with Crippen LogP contribution in [-0.2, 0) is 10.0 Å². The molecule has 4 aromatic rings. The number of rotatable bonds is 10. The highest BCUT2D eigenvalue weighted by Crippen LogP contribution is 2.38. The number of methoxy groups -OCH3 is 3. The van der Waals surface area contributed by atoms with Gasteiger partial charge in [-0.05, 0) is 50.1 Å². The van der Waals surface area contributed by atoms with E-state index in [0.29, 0.717) is 34.6 Å². The van der Waals surface area contributed by atoms with E-state index in [4.69, 9.17) is 14.2 Å². The van der Waals surface area contributed by atoms with Gasteiger partial charge in [0, 0.05) is 24.4 Å². The number of anilines is 1. The number of hydrogen-bond acceptors (Lipinski definition) is 10. The summed E-state index contributed by atoms with van der Waals surface area (Å²) in [7, 11) is 0.514. The molecule has 0 amide bonds. The second kappa shape index (κ2) is 11.2. The summed E-state index contributed by atoms with van der Waals surface area (Å²) in [4.78, 5) is 13.1. The Balaban J connectivity index is 1.86. The van der Waals surface area contributed by atoms with Crippen molar-refractivity contribution >= 4 is 16.0 Å². The van der Waals surface area contributed by atoms with Crippen LogP contribution >= 0.6 is 0 Å². The Hall–Kier alpha value is -4.26. The summed E-state index contributed by atoms with van der Waals surface area (Å²) >= 11 is 0. The zero-order chi connectivity index (χ0) is 28.3. The van der Waals surface area contributed by atoms with Gasteiger partial charge in [-0.2, -0.15) is 0 Å². The zero-order valence-electron chi connectivity index (χ0n) is 22.8. The van der Waals surface area contributed by atoms with Gasteiger partial charge in [-0.25, -0.2) is 23.4 Å². The van der Waals surface area contributed by atoms with Gasteiger partial charge in [0.05, 0.1) is 26.6 Å². The lowest BCUT2D eigenvalue weighted by Gasteiger charge is -2.21. The standard InChI is InChI=1S/C26H31N7O5S/c1-15-11-19(29-22(12-15)38-7)25-30-31-26(33(25)23-20(36-5)9-8-10-21(23)37-6)32-39(34,35)18(4)17(3)24-27-13-16(2)14-28-24/h8-14,17-18H,1-7H3,(H,31,32)/t17-,18-/m0/s1. The number of hydrogen-bond donors (Lipinski definition) is 1. The molecular formula is C26H31N7O5S. The third-order valence-electron chi connectivity index (χ3n) is 6.31. The number of pyridine rings is 1. The van der Waals surface area contributed by atoms with Crippen molar-refractivity contribution in [3.8, 4) is 34.6 Å². The number of aryl methyl sites for hydroxylation is 2. The number of nitrogens with one attached hydrogen (secondary N) is 1. The average molecular weight is 554 g/mol. The molecule has 0 aliphatic rings. The summed E-state index contributed by atoms with van der Waals surface area (Å²) in [6.45, 7) is 7.11. The molecule has 0 aliphatic carbocycles. The van der Waals surface area contributed by atoms with Crippen molar-refractivity contribution in [2.45, 2.75) is 38.9 Å². The second-order valence-electron chi connectivity index (χ2n) is 9.03. The Morgan fingerprint density at radius 2 is 1.54 bits per heavy atom. The van der Waals surface area contributed by atoms with Crippen molar-refractivity contribution < 1.29 is 22.6 Å². The van der Waals surface area contributed by atoms with Crippen molar-refractivity contribution in [2.24, 2.45) is 0 Å². The summed E-state index contributed by atoms with van der Waals surface area (Å²) in [5.41, 5.74) is 2.55. The fourth-order valence-electron chi connectivity index (χ4n) is 3.97. The monoisotopic (exact) mass is 553 g/mol. The molecule has 0 aliphatic heterocycles. The summed E-state index contributed by atoms with van der Waals surface area (Å²) in [6, 6.07) is 8.78. The van der Waals surface area contributed by atoms with Gasteiger partial charge in [0.15, 0.2) is 5.82 Å². The molecule has 39 heavy (non-hydrogen) atoms. The Morgan fingerprint density at radius 3 is 2.13 bits per heavy atom. The first-order valence-electron chi connectivity index (χ1n) is 12.1. The highest BCUT2D eigenvalue weighted by molar-refractivity contribution is 7.93. The van der Waals surface area contributed by atoms with Gasteiger partial charge in [-0.1, -0.05) is 13.0 Å². The van der Waals surface area contributed by atoms with E-state index in [0.717, 1.165) is 11.1 Å². The molecule has 0 radical (unpaired) electrons. The minimum atomic E-state index is -4.01. The van der Waals surface area contributed by atoms with E-state index >= 15 is 0 Å². The molecule has 3 aromatic heterocycles. The third-order valence-corrected chi connectivity index (χ3v) is 8.16. The van der Waals surface area contributed by atoms with Gasteiger partial charge < -0.3 is 14.2 Å². The van der Waals surface area contributed by atoms with Crippen LogP contribution in [0, 0.1) is 13.8 Å². The number of benzene rings is 1. The lowest BCUT2D eigenvalue weighted by atomic mass is 10.1. The van der Waals surface area contributed by atoms with Gasteiger partial charge in [-0.3, -0.25) is 9.29 Å². The van der Waals surface area contributed by atoms with E-state index in [2.05, 4.69) is 29.9 Å². The molecule has 12 nitrogen and oxygen atoms in total. The maximum absolute atomic E-state index is 13.6. The summed E-state index contributed by atoms with van der Waals surface area (Å²) in [6.07, 6.45) is 3.32. The topological polar surface area (TPSA) is 143 Å². The molecular weight excluding hydrogens is 522 g/mol. The number of sulfonamides is 1. The first kappa shape index (κ1) is 27.8. The molecule has 206 valence electrons. The molecule has 2 atom stereocenters. The molecule has 0 saturated heterocycles. The van der Waals surface area contributed by atoms with Gasteiger partial charge >= 0.3 is 0 Å². The molecule has 13 heteroatoms. The van der Waals surface area contributed by atoms with E-state index in [9.17, 15) is 8.42 Å². The van der Waals surface area contributed by atoms with Crippen LogP contribution in [0.1, 0.15) is 36.7 Å². The zero-order valence-corrected chi connectivity index (χ0v) is 23.6. The molecule has 4 rings (SSSR count). The predicted octanol–water partition coefficient (Wildman–Crippen LogP) is 3.70. The Kier molecular flexibility index (Phi) is 8.00. The summed E-state index contributed by atoms with van der Waals surface area (Å²) < 4.78 is 48.0. The van der Waals surface area contributed by atoms with Crippen LogP contribution in [0.15, 0.2) is 42.7 Å². The maximum Gasteiger partial charge on any atom is 0.243 e. The molecule has 1 N–H and O–H groups in total. The predicted molar refractivity (Wildman–Crippen MR) is 146 cm³/mol. The number of aromatic nitrogens is 6. The highest BCUT2D eigenvalue weighted by Gasteiger charge is 2.32. The highest BCUT2D eigenvalue weighted by atomic mass is 32.2.